The smallest absolute Gasteiger partial charge is 0.00278 e. The summed E-state index contributed by atoms with van der Waals surface area (Å²) in [6.07, 6.45) is 4.14. The van der Waals surface area contributed by atoms with E-state index in [1.54, 1.807) is 0 Å². The van der Waals surface area contributed by atoms with Crippen molar-refractivity contribution >= 4 is 5.57 Å². The van der Waals surface area contributed by atoms with Gasteiger partial charge in [-0.15, -0.1) is 0 Å². The Morgan fingerprint density at radius 3 is 2.39 bits per heavy atom. The molecule has 1 nitrogen and oxygen atoms in total. The van der Waals surface area contributed by atoms with E-state index in [0.717, 1.165) is 5.57 Å². The van der Waals surface area contributed by atoms with E-state index in [0.29, 0.717) is 0 Å². The second-order valence-corrected chi connectivity index (χ2v) is 4.79. The molecule has 0 aliphatic rings. The highest BCUT2D eigenvalue weighted by Crippen LogP contribution is 2.22. The lowest BCUT2D eigenvalue weighted by atomic mass is 9.97. The lowest BCUT2D eigenvalue weighted by Crippen LogP contribution is -1.95. The van der Waals surface area contributed by atoms with Gasteiger partial charge in [-0.3, -0.25) is 0 Å². The van der Waals surface area contributed by atoms with Crippen LogP contribution in [0.2, 0.25) is 0 Å². The van der Waals surface area contributed by atoms with Gasteiger partial charge in [0, 0.05) is 7.05 Å². The second kappa shape index (κ2) is 6.25. The fraction of sp³-hybridized carbons (Fsp3) is 0.294. The Hall–Kier alpha value is -1.76. The summed E-state index contributed by atoms with van der Waals surface area (Å²) in [5.41, 5.74) is 7.30. The highest BCUT2D eigenvalue weighted by atomic mass is 14.8. The Kier molecular flexibility index (Phi) is 4.96. The second-order valence-electron chi connectivity index (χ2n) is 4.79. The zero-order chi connectivity index (χ0) is 13.7. The zero-order valence-corrected chi connectivity index (χ0v) is 12.1. The molecule has 0 unspecified atom stereocenters. The van der Waals surface area contributed by atoms with Gasteiger partial charge in [0.1, 0.15) is 0 Å². The highest BCUT2D eigenvalue weighted by molar-refractivity contribution is 5.75. The van der Waals surface area contributed by atoms with Crippen LogP contribution in [0.5, 0.6) is 0 Å². The van der Waals surface area contributed by atoms with Crippen molar-refractivity contribution in [3.05, 3.63) is 64.9 Å². The van der Waals surface area contributed by atoms with Crippen LogP contribution in [0.1, 0.15) is 30.5 Å². The van der Waals surface area contributed by atoms with Gasteiger partial charge in [-0.25, -0.2) is 0 Å². The van der Waals surface area contributed by atoms with E-state index in [1.165, 1.54) is 27.8 Å². The quantitative estimate of drug-likeness (QED) is 0.771. The molecule has 1 aromatic rings. The summed E-state index contributed by atoms with van der Waals surface area (Å²) in [6, 6.07) is 6.47. The summed E-state index contributed by atoms with van der Waals surface area (Å²) in [4.78, 5) is 0. The van der Waals surface area contributed by atoms with Gasteiger partial charge in [0.05, 0.1) is 0 Å². The fourth-order valence-electron chi connectivity index (χ4n) is 1.96. The minimum atomic E-state index is 1.06. The van der Waals surface area contributed by atoms with E-state index in [-0.39, 0.29) is 0 Å². The molecule has 1 rings (SSSR count). The summed E-state index contributed by atoms with van der Waals surface area (Å²) in [7, 11) is 1.91. The van der Waals surface area contributed by atoms with Gasteiger partial charge < -0.3 is 5.32 Å². The van der Waals surface area contributed by atoms with Crippen LogP contribution in [0.25, 0.3) is 5.57 Å². The topological polar surface area (TPSA) is 12.0 Å². The van der Waals surface area contributed by atoms with E-state index >= 15 is 0 Å². The maximum Gasteiger partial charge on any atom is 0.00278 e. The number of allylic oxidation sites excluding steroid dienone is 4. The zero-order valence-electron chi connectivity index (χ0n) is 12.1. The van der Waals surface area contributed by atoms with Crippen LogP contribution >= 0.6 is 0 Å². The fourth-order valence-corrected chi connectivity index (χ4v) is 1.96. The van der Waals surface area contributed by atoms with Gasteiger partial charge in [-0.05, 0) is 61.7 Å². The number of hydrogen-bond donors (Lipinski definition) is 1. The Labute approximate surface area is 111 Å². The lowest BCUT2D eigenvalue weighted by Gasteiger charge is -2.09. The average Bonchev–Trinajstić information content (AvgIpc) is 2.28. The summed E-state index contributed by atoms with van der Waals surface area (Å²) >= 11 is 0. The van der Waals surface area contributed by atoms with Crippen molar-refractivity contribution < 1.29 is 0 Å². The van der Waals surface area contributed by atoms with Gasteiger partial charge in [-0.1, -0.05) is 36.4 Å². The molecule has 1 N–H and O–H groups in total. The molecule has 1 aromatic carbocycles. The van der Waals surface area contributed by atoms with Gasteiger partial charge >= 0.3 is 0 Å². The van der Waals surface area contributed by atoms with E-state index in [1.807, 2.05) is 13.2 Å². The third-order valence-corrected chi connectivity index (χ3v) is 3.10. The molecule has 0 aliphatic carbocycles. The Balaban J connectivity index is 3.02. The molecule has 18 heavy (non-hydrogen) atoms. The Bertz CT molecular complexity index is 504. The molecule has 0 spiro atoms. The SMILES string of the molecule is C=C(/C=C(C)\C(C)=C/NC)c1ccc(C)cc1C. The maximum atomic E-state index is 4.17. The molecule has 0 saturated carbocycles. The van der Waals surface area contributed by atoms with Crippen LogP contribution < -0.4 is 5.32 Å². The van der Waals surface area contributed by atoms with Crippen LogP contribution in [0.15, 0.2) is 48.2 Å². The normalized spacial score (nSPS) is 12.5. The molecule has 0 radical (unpaired) electrons. The van der Waals surface area contributed by atoms with Crippen molar-refractivity contribution in [1.29, 1.82) is 0 Å². The van der Waals surface area contributed by atoms with E-state index in [4.69, 9.17) is 0 Å². The molecule has 96 valence electrons. The van der Waals surface area contributed by atoms with Gasteiger partial charge in [-0.2, -0.15) is 0 Å². The Morgan fingerprint density at radius 1 is 1.17 bits per heavy atom. The maximum absolute atomic E-state index is 4.17. The van der Waals surface area contributed by atoms with Crippen molar-refractivity contribution in [2.75, 3.05) is 7.05 Å². The minimum absolute atomic E-state index is 1.06. The first-order valence-electron chi connectivity index (χ1n) is 6.25. The lowest BCUT2D eigenvalue weighted by molar-refractivity contribution is 1.07. The Morgan fingerprint density at radius 2 is 1.83 bits per heavy atom. The van der Waals surface area contributed by atoms with Crippen molar-refractivity contribution in [3.63, 3.8) is 0 Å². The van der Waals surface area contributed by atoms with E-state index in [9.17, 15) is 0 Å². The van der Waals surface area contributed by atoms with Crippen molar-refractivity contribution in [2.45, 2.75) is 27.7 Å². The number of benzene rings is 1. The molecule has 0 saturated heterocycles. The molecular formula is C17H23N. The predicted molar refractivity (Wildman–Crippen MR) is 81.5 cm³/mol. The van der Waals surface area contributed by atoms with Gasteiger partial charge in [0.2, 0.25) is 0 Å². The van der Waals surface area contributed by atoms with Crippen LogP contribution in [0.4, 0.5) is 0 Å². The molecule has 0 amide bonds. The van der Waals surface area contributed by atoms with Gasteiger partial charge in [0.15, 0.2) is 0 Å². The van der Waals surface area contributed by atoms with Crippen molar-refractivity contribution in [2.24, 2.45) is 0 Å². The average molecular weight is 241 g/mol. The summed E-state index contributed by atoms with van der Waals surface area (Å²) in [6.45, 7) is 12.6. The summed E-state index contributed by atoms with van der Waals surface area (Å²) < 4.78 is 0. The molecule has 0 fully saturated rings. The predicted octanol–water partition coefficient (Wildman–Crippen LogP) is 4.39. The molecule has 0 aromatic heterocycles. The summed E-state index contributed by atoms with van der Waals surface area (Å²) in [5.74, 6) is 0. The molecule has 0 aliphatic heterocycles. The molecule has 0 atom stereocenters. The standard InChI is InChI=1S/C17H23N/c1-12-7-8-17(14(3)9-12)15(4)10-13(2)16(5)11-18-6/h7-11,18H,4H2,1-3,5-6H3/b13-10-,16-11-. The molecule has 0 bridgehead atoms. The van der Waals surface area contributed by atoms with Crippen LogP contribution in [-0.2, 0) is 0 Å². The van der Waals surface area contributed by atoms with E-state index < -0.39 is 0 Å². The first-order valence-corrected chi connectivity index (χ1v) is 6.25. The minimum Gasteiger partial charge on any atom is -0.394 e. The monoisotopic (exact) mass is 241 g/mol. The first kappa shape index (κ1) is 14.3. The third kappa shape index (κ3) is 3.63. The number of nitrogens with one attached hydrogen (secondary N) is 1. The number of hydrogen-bond acceptors (Lipinski definition) is 1. The van der Waals surface area contributed by atoms with Crippen molar-refractivity contribution in [3.8, 4) is 0 Å². The van der Waals surface area contributed by atoms with Gasteiger partial charge in [0.25, 0.3) is 0 Å². The van der Waals surface area contributed by atoms with Crippen LogP contribution in [-0.4, -0.2) is 7.05 Å². The first-order chi connectivity index (χ1) is 8.45. The van der Waals surface area contributed by atoms with E-state index in [2.05, 4.69) is 63.9 Å². The summed E-state index contributed by atoms with van der Waals surface area (Å²) in [5, 5.41) is 3.05. The molecule has 0 heterocycles. The number of rotatable bonds is 4. The van der Waals surface area contributed by atoms with Crippen LogP contribution in [0.3, 0.4) is 0 Å². The highest BCUT2D eigenvalue weighted by Gasteiger charge is 2.02. The van der Waals surface area contributed by atoms with Crippen molar-refractivity contribution in [1.82, 2.24) is 5.32 Å². The largest absolute Gasteiger partial charge is 0.394 e. The number of aryl methyl sites for hydroxylation is 2. The van der Waals surface area contributed by atoms with Crippen LogP contribution in [0, 0.1) is 13.8 Å². The third-order valence-electron chi connectivity index (χ3n) is 3.10. The molecular weight excluding hydrogens is 218 g/mol. The molecule has 1 heteroatoms.